The smallest absolute Gasteiger partial charge is 0.320 e. The van der Waals surface area contributed by atoms with Gasteiger partial charge in [0.2, 0.25) is 5.27 Å². The topological polar surface area (TPSA) is 98.0 Å². The van der Waals surface area contributed by atoms with Crippen LogP contribution in [-0.4, -0.2) is 28.0 Å². The second-order valence-corrected chi connectivity index (χ2v) is 8.46. The lowest BCUT2D eigenvalue weighted by molar-refractivity contribution is -0.759. The third-order valence-electron chi connectivity index (χ3n) is 4.50. The van der Waals surface area contributed by atoms with E-state index in [4.69, 9.17) is 27.7 Å². The molecule has 0 N–H and O–H groups in total. The first kappa shape index (κ1) is 23.0. The molecule has 1 aromatic heterocycles. The van der Waals surface area contributed by atoms with Gasteiger partial charge in [0.1, 0.15) is 5.70 Å². The van der Waals surface area contributed by atoms with Gasteiger partial charge >= 0.3 is 5.88 Å². The molecule has 0 saturated heterocycles. The molecule has 0 aliphatic carbocycles. The normalized spacial score (nSPS) is 15.4. The van der Waals surface area contributed by atoms with Crippen LogP contribution in [0.4, 0.5) is 11.6 Å². The molecule has 11 heteroatoms. The Labute approximate surface area is 203 Å². The Bertz CT molecular complexity index is 1270. The minimum atomic E-state index is -0.446. The molecular formula is C22H17Cl2N5O3S. The number of nitrogens with zero attached hydrogens (tertiary/aromatic N) is 5. The maximum Gasteiger partial charge on any atom is 0.320 e. The van der Waals surface area contributed by atoms with Gasteiger partial charge in [0, 0.05) is 5.75 Å². The fourth-order valence-electron chi connectivity index (χ4n) is 2.93. The van der Waals surface area contributed by atoms with Gasteiger partial charge < -0.3 is 5.11 Å². The van der Waals surface area contributed by atoms with Crippen molar-refractivity contribution in [1.82, 2.24) is 5.27 Å². The summed E-state index contributed by atoms with van der Waals surface area (Å²) in [6.45, 7) is 2.48. The Hall–Kier alpha value is -3.14. The van der Waals surface area contributed by atoms with Crippen molar-refractivity contribution in [3.8, 4) is 0 Å². The van der Waals surface area contributed by atoms with E-state index in [9.17, 15) is 9.90 Å². The van der Waals surface area contributed by atoms with Crippen LogP contribution in [0.25, 0.3) is 6.08 Å². The molecule has 0 radical (unpaired) electrons. The zero-order valence-electron chi connectivity index (χ0n) is 17.3. The van der Waals surface area contributed by atoms with Crippen molar-refractivity contribution in [1.29, 1.82) is 0 Å². The molecule has 3 aromatic rings. The summed E-state index contributed by atoms with van der Waals surface area (Å²) in [5.41, 5.74) is 1.36. The van der Waals surface area contributed by atoms with E-state index in [-0.39, 0.29) is 23.2 Å². The molecule has 0 spiro atoms. The van der Waals surface area contributed by atoms with Crippen molar-refractivity contribution >= 4 is 69.6 Å². The predicted octanol–water partition coefficient (Wildman–Crippen LogP) is 3.86. The minimum Gasteiger partial charge on any atom is -0.861 e. The highest BCUT2D eigenvalue weighted by molar-refractivity contribution is 8.14. The number of halogens is 2. The van der Waals surface area contributed by atoms with Crippen LogP contribution in [0, 0.1) is 0 Å². The van der Waals surface area contributed by atoms with Gasteiger partial charge in [0.05, 0.1) is 15.7 Å². The second kappa shape index (κ2) is 10.2. The maximum absolute atomic E-state index is 13.2. The number of benzene rings is 2. The third-order valence-corrected chi connectivity index (χ3v) is 6.26. The fourth-order valence-corrected chi connectivity index (χ4v) is 4.09. The summed E-state index contributed by atoms with van der Waals surface area (Å²) in [5.74, 6) is -0.725. The molecule has 0 saturated carbocycles. The van der Waals surface area contributed by atoms with Gasteiger partial charge in [-0.15, -0.1) is 0 Å². The summed E-state index contributed by atoms with van der Waals surface area (Å²) >= 11 is 13.5. The molecular weight excluding hydrogens is 485 g/mol. The summed E-state index contributed by atoms with van der Waals surface area (Å²) in [7, 11) is 0. The van der Waals surface area contributed by atoms with E-state index < -0.39 is 5.90 Å². The summed E-state index contributed by atoms with van der Waals surface area (Å²) in [4.78, 5) is 23.0. The Balaban J connectivity index is 1.62. The number of hydrogen-bond acceptors (Lipinski definition) is 7. The molecule has 0 unspecified atom stereocenters. The fraction of sp³-hybridized carbons (Fsp3) is 0.136. The molecule has 2 heterocycles. The van der Waals surface area contributed by atoms with Gasteiger partial charge in [-0.05, 0) is 42.7 Å². The Kier molecular flexibility index (Phi) is 7.12. The van der Waals surface area contributed by atoms with E-state index in [1.807, 2.05) is 25.1 Å². The van der Waals surface area contributed by atoms with Crippen LogP contribution < -0.4 is 14.7 Å². The molecule has 0 bridgehead atoms. The highest BCUT2D eigenvalue weighted by Gasteiger charge is 2.32. The summed E-state index contributed by atoms with van der Waals surface area (Å²) < 4.78 is 6.52. The van der Waals surface area contributed by atoms with E-state index in [0.717, 1.165) is 11.8 Å². The molecule has 0 fully saturated rings. The number of carbonyl (C=O) groups excluding carboxylic acids is 1. The van der Waals surface area contributed by atoms with E-state index >= 15 is 0 Å². The third kappa shape index (κ3) is 5.27. The lowest BCUT2D eigenvalue weighted by Gasteiger charge is -2.18. The van der Waals surface area contributed by atoms with Crippen LogP contribution in [-0.2, 0) is 11.3 Å². The Morgan fingerprint density at radius 2 is 2.03 bits per heavy atom. The average molecular weight is 502 g/mol. The molecule has 33 heavy (non-hydrogen) atoms. The molecule has 168 valence electrons. The first-order chi connectivity index (χ1) is 16.0. The van der Waals surface area contributed by atoms with E-state index in [1.54, 1.807) is 36.4 Å². The van der Waals surface area contributed by atoms with Crippen LogP contribution in [0.3, 0.4) is 0 Å². The second-order valence-electron chi connectivity index (χ2n) is 6.73. The average Bonchev–Trinajstić information content (AvgIpc) is 3.40. The zero-order valence-corrected chi connectivity index (χ0v) is 19.6. The largest absolute Gasteiger partial charge is 0.861 e. The van der Waals surface area contributed by atoms with Crippen molar-refractivity contribution in [2.75, 3.05) is 10.7 Å². The molecule has 1 aliphatic heterocycles. The molecule has 8 nitrogen and oxygen atoms in total. The molecule has 0 atom stereocenters. The highest BCUT2D eigenvalue weighted by atomic mass is 35.5. The van der Waals surface area contributed by atoms with E-state index in [1.165, 1.54) is 15.8 Å². The summed E-state index contributed by atoms with van der Waals surface area (Å²) in [6, 6.07) is 14.2. The standard InChI is InChI=1S/C22H17Cl2N5O3S/c1-2-28-12-19(32-27-28)26-18(30)13-33-22-25-17(11-14-7-6-10-16(23)20(14)24)21(31)29(22)15-8-4-3-5-9-15/h3-12H,2,13H2,1H3/b17-11+. The number of amidine groups is 1. The lowest BCUT2D eigenvalue weighted by Crippen LogP contribution is -2.32. The van der Waals surface area contributed by atoms with Gasteiger partial charge in [-0.25, -0.2) is 9.98 Å². The van der Waals surface area contributed by atoms with Crippen LogP contribution in [0.1, 0.15) is 12.5 Å². The van der Waals surface area contributed by atoms with Gasteiger partial charge in [0.25, 0.3) is 12.1 Å². The van der Waals surface area contributed by atoms with E-state index in [0.29, 0.717) is 33.0 Å². The summed E-state index contributed by atoms with van der Waals surface area (Å²) in [5, 5.41) is 17.1. The van der Waals surface area contributed by atoms with Crippen molar-refractivity contribution in [2.24, 2.45) is 9.98 Å². The van der Waals surface area contributed by atoms with Crippen LogP contribution in [0.15, 0.2) is 74.9 Å². The van der Waals surface area contributed by atoms with Crippen molar-refractivity contribution < 1.29 is 19.1 Å². The number of aromatic nitrogens is 2. The number of anilines is 1. The number of aliphatic imine (C=N–C) groups is 2. The maximum atomic E-state index is 13.2. The van der Waals surface area contributed by atoms with Crippen LogP contribution in [0.5, 0.6) is 0 Å². The molecule has 2 aromatic carbocycles. The monoisotopic (exact) mass is 501 g/mol. The highest BCUT2D eigenvalue weighted by Crippen LogP contribution is 2.32. The Morgan fingerprint density at radius 1 is 1.24 bits per heavy atom. The van der Waals surface area contributed by atoms with E-state index in [2.05, 4.69) is 15.3 Å². The number of hydrogen-bond donors (Lipinski definition) is 0. The number of carbonyl (C=O) groups is 1. The van der Waals surface area contributed by atoms with Crippen molar-refractivity contribution in [3.63, 3.8) is 0 Å². The van der Waals surface area contributed by atoms with Crippen LogP contribution in [0.2, 0.25) is 10.0 Å². The number of para-hydroxylation sites is 1. The quantitative estimate of drug-likeness (QED) is 0.221. The van der Waals surface area contributed by atoms with Gasteiger partial charge in [-0.2, -0.15) is 0 Å². The van der Waals surface area contributed by atoms with Crippen molar-refractivity contribution in [2.45, 2.75) is 13.5 Å². The van der Waals surface area contributed by atoms with Gasteiger partial charge in [0.15, 0.2) is 11.7 Å². The Morgan fingerprint density at radius 3 is 2.76 bits per heavy atom. The first-order valence-electron chi connectivity index (χ1n) is 9.84. The summed E-state index contributed by atoms with van der Waals surface area (Å²) in [6.07, 6.45) is 3.11. The number of aryl methyl sites for hydroxylation is 1. The SMILES string of the molecule is CC[n+]1cc(/N=C(/[O-])CSC2=N/C(=C/c3cccc(Cl)c3Cl)C(=O)N2c2ccccc2)on1. The zero-order chi connectivity index (χ0) is 23.4. The van der Waals surface area contributed by atoms with Crippen molar-refractivity contribution in [3.05, 3.63) is 76.0 Å². The number of thioether (sulfide) groups is 1. The molecule has 4 rings (SSSR count). The molecule has 1 amide bonds. The van der Waals surface area contributed by atoms with Crippen LogP contribution >= 0.6 is 35.0 Å². The molecule has 1 aliphatic rings. The minimum absolute atomic E-state index is 0.0481. The first-order valence-corrected chi connectivity index (χ1v) is 11.6. The van der Waals surface area contributed by atoms with Gasteiger partial charge in [-0.3, -0.25) is 14.2 Å². The number of amides is 1. The van der Waals surface area contributed by atoms with Gasteiger partial charge in [-0.1, -0.05) is 70.0 Å². The number of rotatable bonds is 6. The lowest BCUT2D eigenvalue weighted by atomic mass is 10.2. The predicted molar refractivity (Wildman–Crippen MR) is 128 cm³/mol.